The first-order valence-corrected chi connectivity index (χ1v) is 12.9. The second-order valence-electron chi connectivity index (χ2n) is 8.68. The van der Waals surface area contributed by atoms with Gasteiger partial charge >= 0.3 is 11.9 Å². The Hall–Kier alpha value is -1.06. The smallest absolute Gasteiger partial charge is 0.305 e. The molecule has 0 aromatic rings. The Bertz CT molecular complexity index is 390. The SMILES string of the molecule is CCCCCCCCCCOC(=O)CCCCCCCCC(=O)OCC(CC)CC. The van der Waals surface area contributed by atoms with Crippen LogP contribution in [0.15, 0.2) is 0 Å². The van der Waals surface area contributed by atoms with Gasteiger partial charge in [-0.3, -0.25) is 9.59 Å². The highest BCUT2D eigenvalue weighted by molar-refractivity contribution is 5.69. The van der Waals surface area contributed by atoms with Gasteiger partial charge in [-0.15, -0.1) is 0 Å². The predicted octanol–water partition coefficient (Wildman–Crippen LogP) is 7.77. The highest BCUT2D eigenvalue weighted by atomic mass is 16.5. The molecular weight excluding hydrogens is 376 g/mol. The number of esters is 2. The quantitative estimate of drug-likeness (QED) is 0.131. The van der Waals surface area contributed by atoms with Crippen LogP contribution in [0.4, 0.5) is 0 Å². The second kappa shape index (κ2) is 22.6. The summed E-state index contributed by atoms with van der Waals surface area (Å²) in [5.41, 5.74) is 0. The third-order valence-electron chi connectivity index (χ3n) is 5.91. The van der Waals surface area contributed by atoms with Crippen molar-refractivity contribution in [3.05, 3.63) is 0 Å². The van der Waals surface area contributed by atoms with Crippen molar-refractivity contribution in [3.63, 3.8) is 0 Å². The number of unbranched alkanes of at least 4 members (excludes halogenated alkanes) is 12. The molecule has 0 bridgehead atoms. The lowest BCUT2D eigenvalue weighted by Crippen LogP contribution is -2.12. The molecule has 0 aliphatic rings. The molecule has 0 unspecified atom stereocenters. The molecule has 0 radical (unpaired) electrons. The largest absolute Gasteiger partial charge is 0.466 e. The Balaban J connectivity index is 3.32. The van der Waals surface area contributed by atoms with Gasteiger partial charge in [0.1, 0.15) is 0 Å². The van der Waals surface area contributed by atoms with E-state index in [1.54, 1.807) is 0 Å². The average Bonchev–Trinajstić information content (AvgIpc) is 2.75. The number of carbonyl (C=O) groups is 2. The van der Waals surface area contributed by atoms with E-state index in [1.165, 1.54) is 44.9 Å². The molecule has 0 aromatic heterocycles. The van der Waals surface area contributed by atoms with Crippen molar-refractivity contribution < 1.29 is 19.1 Å². The maximum atomic E-state index is 11.7. The summed E-state index contributed by atoms with van der Waals surface area (Å²) in [7, 11) is 0. The Morgan fingerprint density at radius 1 is 0.567 bits per heavy atom. The van der Waals surface area contributed by atoms with Crippen molar-refractivity contribution in [2.24, 2.45) is 5.92 Å². The third kappa shape index (κ3) is 20.2. The van der Waals surface area contributed by atoms with E-state index in [0.717, 1.165) is 57.8 Å². The second-order valence-corrected chi connectivity index (χ2v) is 8.68. The van der Waals surface area contributed by atoms with Crippen molar-refractivity contribution in [2.75, 3.05) is 13.2 Å². The first-order valence-electron chi connectivity index (χ1n) is 12.9. The van der Waals surface area contributed by atoms with E-state index in [9.17, 15) is 9.59 Å². The summed E-state index contributed by atoms with van der Waals surface area (Å²) >= 11 is 0. The number of carbonyl (C=O) groups excluding carboxylic acids is 2. The topological polar surface area (TPSA) is 52.6 Å². The molecule has 30 heavy (non-hydrogen) atoms. The molecular formula is C26H50O4. The summed E-state index contributed by atoms with van der Waals surface area (Å²) in [6.45, 7) is 7.67. The van der Waals surface area contributed by atoms with Crippen LogP contribution in [-0.4, -0.2) is 25.2 Å². The molecule has 0 aliphatic carbocycles. The first-order chi connectivity index (χ1) is 14.6. The van der Waals surface area contributed by atoms with Crippen LogP contribution < -0.4 is 0 Å². The summed E-state index contributed by atoms with van der Waals surface area (Å²) in [4.78, 5) is 23.5. The van der Waals surface area contributed by atoms with E-state index >= 15 is 0 Å². The van der Waals surface area contributed by atoms with E-state index in [0.29, 0.717) is 32.0 Å². The maximum Gasteiger partial charge on any atom is 0.305 e. The third-order valence-corrected chi connectivity index (χ3v) is 5.91. The van der Waals surface area contributed by atoms with Gasteiger partial charge in [-0.05, 0) is 25.2 Å². The zero-order valence-electron chi connectivity index (χ0n) is 20.4. The summed E-state index contributed by atoms with van der Waals surface area (Å²) in [5.74, 6) is 0.403. The molecule has 4 heteroatoms. The number of rotatable bonds is 22. The molecule has 0 saturated heterocycles. The molecule has 0 rings (SSSR count). The zero-order valence-corrected chi connectivity index (χ0v) is 20.4. The lowest BCUT2D eigenvalue weighted by molar-refractivity contribution is -0.145. The number of hydrogen-bond donors (Lipinski definition) is 0. The van der Waals surface area contributed by atoms with E-state index in [4.69, 9.17) is 9.47 Å². The Labute approximate surface area is 186 Å². The average molecular weight is 427 g/mol. The van der Waals surface area contributed by atoms with Crippen LogP contribution in [0.1, 0.15) is 136 Å². The zero-order chi connectivity index (χ0) is 22.3. The number of ether oxygens (including phenoxy) is 2. The molecule has 0 aromatic carbocycles. The van der Waals surface area contributed by atoms with Gasteiger partial charge in [0.05, 0.1) is 13.2 Å². The first kappa shape index (κ1) is 28.9. The van der Waals surface area contributed by atoms with E-state index in [2.05, 4.69) is 20.8 Å². The minimum Gasteiger partial charge on any atom is -0.466 e. The molecule has 0 fully saturated rings. The lowest BCUT2D eigenvalue weighted by atomic mass is 10.1. The lowest BCUT2D eigenvalue weighted by Gasteiger charge is -2.12. The summed E-state index contributed by atoms with van der Waals surface area (Å²) in [6, 6.07) is 0. The summed E-state index contributed by atoms with van der Waals surface area (Å²) < 4.78 is 10.7. The molecule has 0 spiro atoms. The number of hydrogen-bond acceptors (Lipinski definition) is 4. The van der Waals surface area contributed by atoms with Gasteiger partial charge in [0.25, 0.3) is 0 Å². The van der Waals surface area contributed by atoms with Crippen LogP contribution >= 0.6 is 0 Å². The summed E-state index contributed by atoms with van der Waals surface area (Å²) in [5, 5.41) is 0. The van der Waals surface area contributed by atoms with Crippen LogP contribution in [-0.2, 0) is 19.1 Å². The standard InChI is InChI=1S/C26H50O4/c1-4-7-8-9-10-13-16-19-22-29-25(27)20-17-14-11-12-15-18-21-26(28)30-23-24(5-2)6-3/h24H,4-23H2,1-3H3. The van der Waals surface area contributed by atoms with Gasteiger partial charge in [0, 0.05) is 12.8 Å². The molecule has 0 amide bonds. The molecule has 0 heterocycles. The van der Waals surface area contributed by atoms with E-state index < -0.39 is 0 Å². The van der Waals surface area contributed by atoms with Crippen LogP contribution in [0, 0.1) is 5.92 Å². The highest BCUT2D eigenvalue weighted by Gasteiger charge is 2.08. The maximum absolute atomic E-state index is 11.7. The molecule has 0 saturated carbocycles. The molecule has 0 N–H and O–H groups in total. The Kier molecular flexibility index (Phi) is 21.8. The van der Waals surface area contributed by atoms with Gasteiger partial charge in [0.2, 0.25) is 0 Å². The molecule has 4 nitrogen and oxygen atoms in total. The molecule has 178 valence electrons. The van der Waals surface area contributed by atoms with Crippen molar-refractivity contribution >= 4 is 11.9 Å². The van der Waals surface area contributed by atoms with Gasteiger partial charge < -0.3 is 9.47 Å². The fraction of sp³-hybridized carbons (Fsp3) is 0.923. The van der Waals surface area contributed by atoms with E-state index in [-0.39, 0.29) is 11.9 Å². The highest BCUT2D eigenvalue weighted by Crippen LogP contribution is 2.12. The van der Waals surface area contributed by atoms with Crippen molar-refractivity contribution in [1.29, 1.82) is 0 Å². The van der Waals surface area contributed by atoms with Crippen LogP contribution in [0.2, 0.25) is 0 Å². The normalized spacial score (nSPS) is 11.1. The van der Waals surface area contributed by atoms with Crippen molar-refractivity contribution in [3.8, 4) is 0 Å². The monoisotopic (exact) mass is 426 g/mol. The van der Waals surface area contributed by atoms with Crippen molar-refractivity contribution in [1.82, 2.24) is 0 Å². The Morgan fingerprint density at radius 2 is 1.00 bits per heavy atom. The molecule has 0 atom stereocenters. The van der Waals surface area contributed by atoms with E-state index in [1.807, 2.05) is 0 Å². The predicted molar refractivity (Wildman–Crippen MR) is 126 cm³/mol. The minimum absolute atomic E-state index is 0.0434. The fourth-order valence-electron chi connectivity index (χ4n) is 3.55. The summed E-state index contributed by atoms with van der Waals surface area (Å²) in [6.07, 6.45) is 19.5. The van der Waals surface area contributed by atoms with Crippen molar-refractivity contribution in [2.45, 2.75) is 136 Å². The van der Waals surface area contributed by atoms with Crippen LogP contribution in [0.3, 0.4) is 0 Å². The van der Waals surface area contributed by atoms with Crippen LogP contribution in [0.25, 0.3) is 0 Å². The van der Waals surface area contributed by atoms with Gasteiger partial charge in [-0.2, -0.15) is 0 Å². The van der Waals surface area contributed by atoms with Gasteiger partial charge in [0.15, 0.2) is 0 Å². The van der Waals surface area contributed by atoms with Gasteiger partial charge in [-0.25, -0.2) is 0 Å². The minimum atomic E-state index is -0.0545. The fourth-order valence-corrected chi connectivity index (χ4v) is 3.55. The molecule has 0 aliphatic heterocycles. The van der Waals surface area contributed by atoms with Gasteiger partial charge in [-0.1, -0.05) is 104 Å². The Morgan fingerprint density at radius 3 is 1.50 bits per heavy atom. The van der Waals surface area contributed by atoms with Crippen LogP contribution in [0.5, 0.6) is 0 Å².